The van der Waals surface area contributed by atoms with Crippen molar-refractivity contribution in [2.45, 2.75) is 39.2 Å². The van der Waals surface area contributed by atoms with Crippen LogP contribution in [0.3, 0.4) is 0 Å². The third-order valence-electron chi connectivity index (χ3n) is 8.51. The Bertz CT molecular complexity index is 1760. The predicted octanol–water partition coefficient (Wildman–Crippen LogP) is 3.00. The fourth-order valence-corrected chi connectivity index (χ4v) is 6.13. The van der Waals surface area contributed by atoms with Gasteiger partial charge in [0.05, 0.1) is 28.5 Å². The molecule has 232 valence electrons. The molecule has 0 aromatic carbocycles. The van der Waals surface area contributed by atoms with Crippen LogP contribution < -0.4 is 16.3 Å². The van der Waals surface area contributed by atoms with Gasteiger partial charge < -0.3 is 20.5 Å². The summed E-state index contributed by atoms with van der Waals surface area (Å²) in [5.74, 6) is -2.73. The highest BCUT2D eigenvalue weighted by molar-refractivity contribution is 5.94. The smallest absolute Gasteiger partial charge is 0.261 e. The van der Waals surface area contributed by atoms with Gasteiger partial charge in [0, 0.05) is 81.3 Å². The Labute approximate surface area is 254 Å². The van der Waals surface area contributed by atoms with Crippen molar-refractivity contribution >= 4 is 23.2 Å². The molecule has 44 heavy (non-hydrogen) atoms. The molecule has 1 aliphatic carbocycles. The van der Waals surface area contributed by atoms with Gasteiger partial charge in [0.1, 0.15) is 17.2 Å². The lowest BCUT2D eigenvalue weighted by Gasteiger charge is -2.35. The normalized spacial score (nSPS) is 20.8. The number of fused-ring (bicyclic) bond motifs is 1. The van der Waals surface area contributed by atoms with Crippen LogP contribution in [0.4, 0.5) is 13.2 Å². The molecule has 0 radical (unpaired) electrons. The summed E-state index contributed by atoms with van der Waals surface area (Å²) in [6.45, 7) is 7.51. The van der Waals surface area contributed by atoms with E-state index in [1.807, 2.05) is 25.1 Å². The van der Waals surface area contributed by atoms with Crippen molar-refractivity contribution in [3.63, 3.8) is 0 Å². The minimum Gasteiger partial charge on any atom is -0.402 e. The Kier molecular flexibility index (Phi) is 8.21. The molecular weight excluding hydrogens is 567 g/mol. The van der Waals surface area contributed by atoms with Gasteiger partial charge in [0.2, 0.25) is 0 Å². The number of imidazole rings is 1. The average Bonchev–Trinajstić information content (AvgIpc) is 3.68. The number of aromatic amines is 2. The van der Waals surface area contributed by atoms with Crippen molar-refractivity contribution < 1.29 is 13.2 Å². The molecule has 0 saturated carbocycles. The van der Waals surface area contributed by atoms with Crippen LogP contribution in [0.5, 0.6) is 0 Å². The molecule has 6 rings (SSSR count). The van der Waals surface area contributed by atoms with E-state index in [1.54, 1.807) is 36.4 Å². The summed E-state index contributed by atoms with van der Waals surface area (Å²) in [7, 11) is 2.11. The molecule has 0 unspecified atom stereocenters. The number of likely N-dealkylation sites (N-methyl/N-ethyl adjacent to an activating group) is 1. The maximum atomic E-state index is 16.7. The fraction of sp³-hybridized carbons (Fsp3) is 0.406. The van der Waals surface area contributed by atoms with E-state index in [0.717, 1.165) is 48.8 Å². The number of halogens is 3. The van der Waals surface area contributed by atoms with Crippen LogP contribution in [0.25, 0.3) is 34.7 Å². The first kappa shape index (κ1) is 29.9. The zero-order chi connectivity index (χ0) is 31.0. The predicted molar refractivity (Wildman–Crippen MR) is 166 cm³/mol. The molecule has 12 heteroatoms. The number of hydrogen-bond acceptors (Lipinski definition) is 7. The average molecular weight is 606 g/mol. The van der Waals surface area contributed by atoms with Gasteiger partial charge in [-0.15, -0.1) is 0 Å². The van der Waals surface area contributed by atoms with E-state index in [4.69, 9.17) is 10.7 Å². The number of nitrogens with zero attached hydrogens (tertiary/aromatic N) is 6. The van der Waals surface area contributed by atoms with Crippen LogP contribution in [0.1, 0.15) is 42.8 Å². The van der Waals surface area contributed by atoms with E-state index >= 15 is 4.39 Å². The van der Waals surface area contributed by atoms with Crippen LogP contribution in [0.15, 0.2) is 42.4 Å². The molecule has 2 saturated heterocycles. The van der Waals surface area contributed by atoms with Gasteiger partial charge in [0.25, 0.3) is 5.92 Å². The molecule has 0 amide bonds. The van der Waals surface area contributed by atoms with Crippen molar-refractivity contribution in [2.75, 3.05) is 46.3 Å². The van der Waals surface area contributed by atoms with Gasteiger partial charge in [-0.2, -0.15) is 5.10 Å². The lowest BCUT2D eigenvalue weighted by Crippen LogP contribution is -2.43. The second-order valence-electron chi connectivity index (χ2n) is 11.7. The highest BCUT2D eigenvalue weighted by Gasteiger charge is 2.38. The lowest BCUT2D eigenvalue weighted by molar-refractivity contribution is 0.0115. The Balaban J connectivity index is 1.38. The second kappa shape index (κ2) is 12.1. The first-order valence-corrected chi connectivity index (χ1v) is 15.0. The van der Waals surface area contributed by atoms with Gasteiger partial charge >= 0.3 is 0 Å². The molecule has 3 aliphatic rings. The summed E-state index contributed by atoms with van der Waals surface area (Å²) < 4.78 is 44.2. The molecule has 9 nitrogen and oxygen atoms in total. The molecule has 0 atom stereocenters. The summed E-state index contributed by atoms with van der Waals surface area (Å²) in [5, 5.41) is 8.27. The van der Waals surface area contributed by atoms with E-state index in [9.17, 15) is 8.78 Å². The largest absolute Gasteiger partial charge is 0.402 e. The molecule has 3 aromatic rings. The number of alkyl halides is 2. The van der Waals surface area contributed by atoms with Gasteiger partial charge in [-0.25, -0.2) is 18.2 Å². The molecule has 3 aromatic heterocycles. The number of piperazine rings is 1. The first-order chi connectivity index (χ1) is 21.2. The molecule has 0 spiro atoms. The highest BCUT2D eigenvalue weighted by Crippen LogP contribution is 2.31. The Morgan fingerprint density at radius 1 is 1.09 bits per heavy atom. The SMILES string of the molecule is C/C=C(/C(F)=c1/c(-c2nc3c([nH]2)CC(N)=CC=C3N2CCN(C)CC2)n[nH]/c1=C/C)c1cncc(CN2CCC(F)(F)C2)c1. The first-order valence-electron chi connectivity index (χ1n) is 15.0. The summed E-state index contributed by atoms with van der Waals surface area (Å²) in [6, 6.07) is 1.81. The highest BCUT2D eigenvalue weighted by atomic mass is 19.3. The Morgan fingerprint density at radius 3 is 2.59 bits per heavy atom. The number of rotatable bonds is 6. The van der Waals surface area contributed by atoms with Gasteiger partial charge in [-0.3, -0.25) is 15.0 Å². The third-order valence-corrected chi connectivity index (χ3v) is 8.51. The zero-order valence-corrected chi connectivity index (χ0v) is 25.3. The minimum absolute atomic E-state index is 0.159. The molecule has 2 fully saturated rings. The zero-order valence-electron chi connectivity index (χ0n) is 25.3. The van der Waals surface area contributed by atoms with Gasteiger partial charge in [0.15, 0.2) is 5.82 Å². The molecule has 4 N–H and O–H groups in total. The number of aromatic nitrogens is 5. The number of nitrogens with two attached hydrogens (primary N) is 1. The summed E-state index contributed by atoms with van der Waals surface area (Å²) in [6.07, 6.45) is 10.9. The van der Waals surface area contributed by atoms with Crippen LogP contribution in [0, 0.1) is 0 Å². The van der Waals surface area contributed by atoms with Gasteiger partial charge in [-0.05, 0) is 44.7 Å². The molecule has 5 heterocycles. The Hall–Kier alpha value is -4.16. The molecular formula is C32H38F3N9. The summed E-state index contributed by atoms with van der Waals surface area (Å²) in [5.41, 5.74) is 11.6. The number of pyridine rings is 1. The maximum absolute atomic E-state index is 16.7. The van der Waals surface area contributed by atoms with Crippen LogP contribution >= 0.6 is 0 Å². The van der Waals surface area contributed by atoms with E-state index in [2.05, 4.69) is 37.0 Å². The van der Waals surface area contributed by atoms with Gasteiger partial charge in [-0.1, -0.05) is 12.2 Å². The second-order valence-corrected chi connectivity index (χ2v) is 11.7. The van der Waals surface area contributed by atoms with Crippen molar-refractivity contribution in [3.05, 3.63) is 75.5 Å². The topological polar surface area (TPSA) is 106 Å². The maximum Gasteiger partial charge on any atom is 0.261 e. The van der Waals surface area contributed by atoms with Crippen molar-refractivity contribution in [2.24, 2.45) is 5.73 Å². The monoisotopic (exact) mass is 605 g/mol. The minimum atomic E-state index is -2.68. The molecule has 0 bridgehead atoms. The van der Waals surface area contributed by atoms with Crippen LogP contribution in [-0.2, 0) is 13.0 Å². The van der Waals surface area contributed by atoms with E-state index in [-0.39, 0.29) is 18.2 Å². The number of likely N-dealkylation sites (tertiary alicyclic amines) is 1. The number of H-pyrrole nitrogens is 2. The van der Waals surface area contributed by atoms with Crippen molar-refractivity contribution in [3.8, 4) is 11.5 Å². The van der Waals surface area contributed by atoms with E-state index < -0.39 is 11.7 Å². The fourth-order valence-electron chi connectivity index (χ4n) is 6.13. The standard InChI is InChI=1S/C32H38F3N9/c1-4-23(21-14-20(16-37-17-21)18-43-9-8-32(34,35)19-43)28(33)27-24(5-2)40-41-30(27)31-38-25-15-22(36)6-7-26(29(25)39-31)44-12-10-42(3)11-13-44/h4-7,14,16-17,40H,8-13,15,18-19,36H2,1-3H3,(H,38,39)/b23-4+,24-5+,28-27-. The number of hydrogen-bond donors (Lipinski definition) is 3. The quantitative estimate of drug-likeness (QED) is 0.397. The lowest BCUT2D eigenvalue weighted by atomic mass is 10.0. The van der Waals surface area contributed by atoms with Crippen molar-refractivity contribution in [1.29, 1.82) is 0 Å². The molecule has 2 aliphatic heterocycles. The van der Waals surface area contributed by atoms with Crippen LogP contribution in [0.2, 0.25) is 0 Å². The van der Waals surface area contributed by atoms with E-state index in [0.29, 0.717) is 53.2 Å². The summed E-state index contributed by atoms with van der Waals surface area (Å²) in [4.78, 5) is 19.0. The summed E-state index contributed by atoms with van der Waals surface area (Å²) >= 11 is 0. The van der Waals surface area contributed by atoms with Crippen molar-refractivity contribution in [1.82, 2.24) is 39.8 Å². The van der Waals surface area contributed by atoms with Crippen LogP contribution in [-0.4, -0.2) is 92.1 Å². The third kappa shape index (κ3) is 5.96. The Morgan fingerprint density at radius 2 is 1.89 bits per heavy atom. The number of allylic oxidation sites excluding steroid dienone is 5. The van der Waals surface area contributed by atoms with E-state index in [1.165, 1.54) is 0 Å². The number of nitrogens with one attached hydrogen (secondary N) is 2.